The predicted octanol–water partition coefficient (Wildman–Crippen LogP) is 3.10. The van der Waals surface area contributed by atoms with Gasteiger partial charge in [0.2, 0.25) is 0 Å². The van der Waals surface area contributed by atoms with Crippen molar-refractivity contribution < 1.29 is 9.47 Å². The molecule has 1 aromatic carbocycles. The van der Waals surface area contributed by atoms with Crippen molar-refractivity contribution in [3.63, 3.8) is 0 Å². The quantitative estimate of drug-likeness (QED) is 0.769. The van der Waals surface area contributed by atoms with Gasteiger partial charge < -0.3 is 9.47 Å². The van der Waals surface area contributed by atoms with E-state index in [1.165, 1.54) is 18.4 Å². The van der Waals surface area contributed by atoms with Gasteiger partial charge in [-0.25, -0.2) is 0 Å². The molecule has 0 spiro atoms. The van der Waals surface area contributed by atoms with Crippen LogP contribution in [0.5, 0.6) is 11.5 Å². The van der Waals surface area contributed by atoms with Gasteiger partial charge in [-0.1, -0.05) is 18.2 Å². The Hall–Kier alpha value is -1.48. The van der Waals surface area contributed by atoms with Crippen LogP contribution < -0.4 is 9.47 Å². The lowest BCUT2D eigenvalue weighted by atomic mass is 9.70. The normalized spacial score (nSPS) is 27.3. The van der Waals surface area contributed by atoms with E-state index < -0.39 is 0 Å². The van der Waals surface area contributed by atoms with Crippen LogP contribution in [0.15, 0.2) is 30.4 Å². The largest absolute Gasteiger partial charge is 0.497 e. The molecule has 3 heteroatoms. The first-order valence-corrected chi connectivity index (χ1v) is 7.30. The van der Waals surface area contributed by atoms with Crippen LogP contribution in [-0.2, 0) is 6.54 Å². The summed E-state index contributed by atoms with van der Waals surface area (Å²) in [6.45, 7) is 0.932. The summed E-state index contributed by atoms with van der Waals surface area (Å²) in [6.07, 6.45) is 7.29. The molecular weight excluding hydrogens is 250 g/mol. The van der Waals surface area contributed by atoms with Crippen molar-refractivity contribution in [3.05, 3.63) is 35.9 Å². The van der Waals surface area contributed by atoms with Crippen LogP contribution in [0.25, 0.3) is 0 Å². The third kappa shape index (κ3) is 2.31. The molecule has 0 unspecified atom stereocenters. The van der Waals surface area contributed by atoms with E-state index in [0.29, 0.717) is 6.04 Å². The molecule has 20 heavy (non-hydrogen) atoms. The molecule has 3 rings (SSSR count). The van der Waals surface area contributed by atoms with Gasteiger partial charge in [-0.15, -0.1) is 0 Å². The fourth-order valence-electron chi connectivity index (χ4n) is 3.56. The smallest absolute Gasteiger partial charge is 0.127 e. The van der Waals surface area contributed by atoms with Gasteiger partial charge in [0.25, 0.3) is 0 Å². The maximum absolute atomic E-state index is 5.49. The Kier molecular flexibility index (Phi) is 3.70. The SMILES string of the molecule is COc1ccc(CN(C)[C@H]2C[C@H]3C=CC[C@H]32)c(OC)c1. The molecule has 0 bridgehead atoms. The maximum Gasteiger partial charge on any atom is 0.127 e. The second kappa shape index (κ2) is 5.49. The summed E-state index contributed by atoms with van der Waals surface area (Å²) in [5, 5.41) is 0. The standard InChI is InChI=1S/C17H23NO2/c1-18(16-9-12-5-4-6-15(12)16)11-13-7-8-14(19-2)10-17(13)20-3/h4-5,7-8,10,12,15-16H,6,9,11H2,1-3H3/t12-,15-,16+/m1/s1. The van der Waals surface area contributed by atoms with Crippen LogP contribution in [0.3, 0.4) is 0 Å². The van der Waals surface area contributed by atoms with Crippen LogP contribution in [-0.4, -0.2) is 32.2 Å². The minimum absolute atomic E-state index is 0.710. The summed E-state index contributed by atoms with van der Waals surface area (Å²) in [6, 6.07) is 6.79. The molecule has 108 valence electrons. The van der Waals surface area contributed by atoms with Crippen LogP contribution in [0, 0.1) is 11.8 Å². The zero-order chi connectivity index (χ0) is 14.1. The summed E-state index contributed by atoms with van der Waals surface area (Å²) < 4.78 is 10.7. The lowest BCUT2D eigenvalue weighted by Gasteiger charge is -2.45. The fraction of sp³-hybridized carbons (Fsp3) is 0.529. The molecule has 2 aliphatic rings. The molecule has 3 atom stereocenters. The van der Waals surface area contributed by atoms with Crippen LogP contribution in [0.1, 0.15) is 18.4 Å². The number of hydrogen-bond acceptors (Lipinski definition) is 3. The van der Waals surface area contributed by atoms with Gasteiger partial charge in [0, 0.05) is 24.2 Å². The molecule has 2 aliphatic carbocycles. The molecule has 0 aliphatic heterocycles. The van der Waals surface area contributed by atoms with E-state index in [0.717, 1.165) is 29.9 Å². The molecule has 1 fully saturated rings. The van der Waals surface area contributed by atoms with Crippen LogP contribution in [0.4, 0.5) is 0 Å². The summed E-state index contributed by atoms with van der Waals surface area (Å²) in [5.41, 5.74) is 1.23. The lowest BCUT2D eigenvalue weighted by molar-refractivity contribution is 0.0478. The van der Waals surface area contributed by atoms with Crippen molar-refractivity contribution in [3.8, 4) is 11.5 Å². The van der Waals surface area contributed by atoms with Gasteiger partial charge >= 0.3 is 0 Å². The van der Waals surface area contributed by atoms with E-state index >= 15 is 0 Å². The second-order valence-corrected chi connectivity index (χ2v) is 5.89. The van der Waals surface area contributed by atoms with Crippen molar-refractivity contribution in [2.45, 2.75) is 25.4 Å². The zero-order valence-corrected chi connectivity index (χ0v) is 12.5. The highest BCUT2D eigenvalue weighted by atomic mass is 16.5. The van der Waals surface area contributed by atoms with E-state index in [1.54, 1.807) is 14.2 Å². The number of fused-ring (bicyclic) bond motifs is 1. The summed E-state index contributed by atoms with van der Waals surface area (Å²) in [7, 11) is 5.63. The molecule has 0 aromatic heterocycles. The molecule has 0 amide bonds. The Morgan fingerprint density at radius 3 is 2.80 bits per heavy atom. The Morgan fingerprint density at radius 1 is 1.25 bits per heavy atom. The van der Waals surface area contributed by atoms with E-state index in [1.807, 2.05) is 12.1 Å². The number of hydrogen-bond donors (Lipinski definition) is 0. The Morgan fingerprint density at radius 2 is 2.10 bits per heavy atom. The average molecular weight is 273 g/mol. The monoisotopic (exact) mass is 273 g/mol. The zero-order valence-electron chi connectivity index (χ0n) is 12.5. The average Bonchev–Trinajstić information content (AvgIpc) is 2.80. The summed E-state index contributed by atoms with van der Waals surface area (Å²) in [5.74, 6) is 3.43. The minimum atomic E-state index is 0.710. The highest BCUT2D eigenvalue weighted by molar-refractivity contribution is 5.40. The number of benzene rings is 1. The van der Waals surface area contributed by atoms with Crippen molar-refractivity contribution in [1.29, 1.82) is 0 Å². The molecule has 1 aromatic rings. The second-order valence-electron chi connectivity index (χ2n) is 5.89. The van der Waals surface area contributed by atoms with Crippen molar-refractivity contribution >= 4 is 0 Å². The third-order valence-corrected chi connectivity index (χ3v) is 4.83. The van der Waals surface area contributed by atoms with E-state index in [9.17, 15) is 0 Å². The molecule has 1 saturated carbocycles. The first-order chi connectivity index (χ1) is 9.72. The number of rotatable bonds is 5. The van der Waals surface area contributed by atoms with E-state index in [-0.39, 0.29) is 0 Å². The summed E-state index contributed by atoms with van der Waals surface area (Å²) in [4.78, 5) is 2.47. The summed E-state index contributed by atoms with van der Waals surface area (Å²) >= 11 is 0. The third-order valence-electron chi connectivity index (χ3n) is 4.83. The number of ether oxygens (including phenoxy) is 2. The van der Waals surface area contributed by atoms with Gasteiger partial charge in [0.1, 0.15) is 11.5 Å². The molecule has 0 heterocycles. The first kappa shape index (κ1) is 13.5. The number of allylic oxidation sites excluding steroid dienone is 2. The van der Waals surface area contributed by atoms with Crippen molar-refractivity contribution in [2.75, 3.05) is 21.3 Å². The van der Waals surface area contributed by atoms with Gasteiger partial charge in [-0.2, -0.15) is 0 Å². The Bertz CT molecular complexity index is 512. The maximum atomic E-state index is 5.49. The molecule has 0 N–H and O–H groups in total. The topological polar surface area (TPSA) is 21.7 Å². The van der Waals surface area contributed by atoms with Gasteiger partial charge in [0.05, 0.1) is 14.2 Å². The van der Waals surface area contributed by atoms with E-state index in [2.05, 4.69) is 30.2 Å². The first-order valence-electron chi connectivity index (χ1n) is 7.30. The number of methoxy groups -OCH3 is 2. The molecule has 0 radical (unpaired) electrons. The van der Waals surface area contributed by atoms with Crippen molar-refractivity contribution in [1.82, 2.24) is 4.90 Å². The molecular formula is C17H23NO2. The Labute approximate surface area is 121 Å². The Balaban J connectivity index is 1.68. The molecule has 0 saturated heterocycles. The van der Waals surface area contributed by atoms with Gasteiger partial charge in [-0.3, -0.25) is 4.90 Å². The van der Waals surface area contributed by atoms with Crippen molar-refractivity contribution in [2.24, 2.45) is 11.8 Å². The molecule has 3 nitrogen and oxygen atoms in total. The minimum Gasteiger partial charge on any atom is -0.497 e. The number of nitrogens with zero attached hydrogens (tertiary/aromatic N) is 1. The highest BCUT2D eigenvalue weighted by Crippen LogP contribution is 2.45. The van der Waals surface area contributed by atoms with E-state index in [4.69, 9.17) is 9.47 Å². The van der Waals surface area contributed by atoms with Gasteiger partial charge in [0.15, 0.2) is 0 Å². The van der Waals surface area contributed by atoms with Gasteiger partial charge in [-0.05, 0) is 37.8 Å². The van der Waals surface area contributed by atoms with Crippen LogP contribution in [0.2, 0.25) is 0 Å². The fourth-order valence-corrected chi connectivity index (χ4v) is 3.56. The lowest BCUT2D eigenvalue weighted by Crippen LogP contribution is -2.48. The predicted molar refractivity (Wildman–Crippen MR) is 80.2 cm³/mol. The highest BCUT2D eigenvalue weighted by Gasteiger charge is 2.43. The van der Waals surface area contributed by atoms with Crippen LogP contribution >= 0.6 is 0 Å².